The van der Waals surface area contributed by atoms with Crippen LogP contribution in [0.2, 0.25) is 0 Å². The molecule has 1 saturated heterocycles. The Hall–Kier alpha value is -1.98. The molecule has 118 valence electrons. The molecule has 4 rings (SSSR count). The van der Waals surface area contributed by atoms with E-state index in [-0.39, 0.29) is 0 Å². The average Bonchev–Trinajstić information content (AvgIpc) is 3.05. The lowest BCUT2D eigenvalue weighted by molar-refractivity contribution is 0.380. The number of anilines is 2. The minimum absolute atomic E-state index is 0.878. The van der Waals surface area contributed by atoms with E-state index < -0.39 is 0 Å². The van der Waals surface area contributed by atoms with Crippen LogP contribution in [0.3, 0.4) is 0 Å². The van der Waals surface area contributed by atoms with E-state index in [1.165, 1.54) is 42.6 Å². The van der Waals surface area contributed by atoms with Crippen molar-refractivity contribution >= 4 is 34.4 Å². The van der Waals surface area contributed by atoms with Crippen molar-refractivity contribution in [2.45, 2.75) is 24.2 Å². The zero-order chi connectivity index (χ0) is 15.5. The van der Waals surface area contributed by atoms with E-state index in [1.807, 2.05) is 30.4 Å². The van der Waals surface area contributed by atoms with Crippen molar-refractivity contribution in [2.24, 2.45) is 0 Å². The predicted octanol–water partition coefficient (Wildman–Crippen LogP) is 4.80. The van der Waals surface area contributed by atoms with E-state index in [1.54, 1.807) is 0 Å². The molecule has 3 aromatic rings. The highest BCUT2D eigenvalue weighted by Crippen LogP contribution is 2.27. The Morgan fingerprint density at radius 2 is 1.96 bits per heavy atom. The summed E-state index contributed by atoms with van der Waals surface area (Å²) in [4.78, 5) is 8.95. The largest absolute Gasteiger partial charge is 0.361 e. The second kappa shape index (κ2) is 6.64. The van der Waals surface area contributed by atoms with Crippen molar-refractivity contribution in [3.63, 3.8) is 0 Å². The quantitative estimate of drug-likeness (QED) is 0.677. The Morgan fingerprint density at radius 1 is 1.04 bits per heavy atom. The molecule has 1 aliphatic rings. The molecule has 2 N–H and O–H groups in total. The summed E-state index contributed by atoms with van der Waals surface area (Å²) in [6.45, 7) is 2.36. The van der Waals surface area contributed by atoms with Crippen molar-refractivity contribution in [2.75, 3.05) is 18.4 Å². The fourth-order valence-corrected chi connectivity index (χ4v) is 3.86. The highest BCUT2D eigenvalue weighted by Gasteiger charge is 2.11. The second-order valence-electron chi connectivity index (χ2n) is 5.86. The first-order valence-electron chi connectivity index (χ1n) is 8.10. The summed E-state index contributed by atoms with van der Waals surface area (Å²) in [5.74, 6) is 0.878. The summed E-state index contributed by atoms with van der Waals surface area (Å²) < 4.78 is 2.44. The lowest BCUT2D eigenvalue weighted by atomic mass is 10.2. The Bertz CT molecular complexity index is 775. The number of benzene rings is 1. The molecule has 1 fully saturated rings. The van der Waals surface area contributed by atoms with Gasteiger partial charge in [-0.05, 0) is 61.2 Å². The highest BCUT2D eigenvalue weighted by atomic mass is 32.2. The lowest BCUT2D eigenvalue weighted by Gasteiger charge is -2.24. The third-order valence-electron chi connectivity index (χ3n) is 4.11. The predicted molar refractivity (Wildman–Crippen MR) is 97.1 cm³/mol. The van der Waals surface area contributed by atoms with Crippen LogP contribution in [0, 0.1) is 0 Å². The monoisotopic (exact) mass is 324 g/mol. The van der Waals surface area contributed by atoms with Gasteiger partial charge in [0.15, 0.2) is 0 Å². The van der Waals surface area contributed by atoms with Gasteiger partial charge < -0.3 is 10.3 Å². The van der Waals surface area contributed by atoms with Gasteiger partial charge in [0.25, 0.3) is 0 Å². The minimum atomic E-state index is 0.878. The molecule has 0 saturated carbocycles. The summed E-state index contributed by atoms with van der Waals surface area (Å²) in [6, 6.07) is 12.5. The van der Waals surface area contributed by atoms with E-state index in [0.717, 1.165) is 17.0 Å². The maximum Gasteiger partial charge on any atom is 0.130 e. The molecule has 0 aliphatic carbocycles. The molecule has 1 aliphatic heterocycles. The third-order valence-corrected chi connectivity index (χ3v) is 5.19. The second-order valence-corrected chi connectivity index (χ2v) is 7.04. The van der Waals surface area contributed by atoms with Gasteiger partial charge in [0.2, 0.25) is 0 Å². The molecule has 5 heteroatoms. The Morgan fingerprint density at radius 3 is 2.78 bits per heavy atom. The van der Waals surface area contributed by atoms with Gasteiger partial charge >= 0.3 is 0 Å². The summed E-state index contributed by atoms with van der Waals surface area (Å²) in [6.07, 6.45) is 7.89. The first-order chi connectivity index (χ1) is 11.4. The fourth-order valence-electron chi connectivity index (χ4n) is 2.89. The molecule has 4 nitrogen and oxygen atoms in total. The van der Waals surface area contributed by atoms with Crippen LogP contribution >= 0.6 is 11.9 Å². The van der Waals surface area contributed by atoms with Crippen LogP contribution in [0.15, 0.2) is 53.7 Å². The molecule has 0 radical (unpaired) electrons. The first-order valence-corrected chi connectivity index (χ1v) is 8.87. The highest BCUT2D eigenvalue weighted by molar-refractivity contribution is 7.97. The van der Waals surface area contributed by atoms with Gasteiger partial charge in [0.05, 0.1) is 0 Å². The number of piperidine rings is 1. The van der Waals surface area contributed by atoms with Gasteiger partial charge in [-0.15, -0.1) is 0 Å². The van der Waals surface area contributed by atoms with E-state index in [4.69, 9.17) is 0 Å². The minimum Gasteiger partial charge on any atom is -0.361 e. The van der Waals surface area contributed by atoms with E-state index in [9.17, 15) is 0 Å². The Labute approximate surface area is 140 Å². The third kappa shape index (κ3) is 3.51. The van der Waals surface area contributed by atoms with Crippen LogP contribution in [-0.2, 0) is 0 Å². The van der Waals surface area contributed by atoms with Crippen molar-refractivity contribution in [3.05, 3.63) is 48.8 Å². The maximum atomic E-state index is 4.54. The molecular weight excluding hydrogens is 304 g/mol. The van der Waals surface area contributed by atoms with Gasteiger partial charge in [-0.2, -0.15) is 0 Å². The normalized spacial score (nSPS) is 15.8. The number of hydrogen-bond acceptors (Lipinski definition) is 4. The fraction of sp³-hybridized carbons (Fsp3) is 0.278. The zero-order valence-corrected chi connectivity index (χ0v) is 13.8. The molecule has 3 heterocycles. The molecular formula is C18H20N4S. The lowest BCUT2D eigenvalue weighted by Crippen LogP contribution is -2.22. The van der Waals surface area contributed by atoms with Crippen molar-refractivity contribution < 1.29 is 0 Å². The van der Waals surface area contributed by atoms with Crippen molar-refractivity contribution in [1.82, 2.24) is 14.3 Å². The van der Waals surface area contributed by atoms with Gasteiger partial charge in [0.1, 0.15) is 5.82 Å². The number of pyridine rings is 1. The molecule has 23 heavy (non-hydrogen) atoms. The van der Waals surface area contributed by atoms with Gasteiger partial charge in [-0.3, -0.25) is 0 Å². The summed E-state index contributed by atoms with van der Waals surface area (Å²) in [7, 11) is 0. The standard InChI is InChI=1S/C18H20N4S/c1-2-10-22(11-3-1)23-16-5-7-18(20-13-16)21-15-4-6-17-14(12-15)8-9-19-17/h4-9,12-13,19H,1-3,10-11H2,(H,20,21). The number of aromatic amines is 1. The zero-order valence-electron chi connectivity index (χ0n) is 13.0. The number of nitrogens with zero attached hydrogens (tertiary/aromatic N) is 2. The average molecular weight is 324 g/mol. The number of hydrogen-bond donors (Lipinski definition) is 2. The van der Waals surface area contributed by atoms with Gasteiger partial charge in [-0.25, -0.2) is 9.29 Å². The molecule has 0 atom stereocenters. The van der Waals surface area contributed by atoms with Crippen LogP contribution in [0.25, 0.3) is 10.9 Å². The number of rotatable bonds is 4. The van der Waals surface area contributed by atoms with Crippen LogP contribution in [0.1, 0.15) is 19.3 Å². The Kier molecular flexibility index (Phi) is 4.22. The van der Waals surface area contributed by atoms with E-state index >= 15 is 0 Å². The molecule has 0 unspecified atom stereocenters. The van der Waals surface area contributed by atoms with Crippen LogP contribution < -0.4 is 5.32 Å². The topological polar surface area (TPSA) is 44.0 Å². The Balaban J connectivity index is 1.42. The van der Waals surface area contributed by atoms with Crippen molar-refractivity contribution in [1.29, 1.82) is 0 Å². The molecule has 0 amide bonds. The number of aromatic nitrogens is 2. The SMILES string of the molecule is c1cc2cc(Nc3ccc(SN4CCCCC4)cn3)ccc2[nH]1. The number of H-pyrrole nitrogens is 1. The maximum absolute atomic E-state index is 4.54. The van der Waals surface area contributed by atoms with Crippen LogP contribution in [0.4, 0.5) is 11.5 Å². The number of fused-ring (bicyclic) bond motifs is 1. The van der Waals surface area contributed by atoms with Crippen molar-refractivity contribution in [3.8, 4) is 0 Å². The smallest absolute Gasteiger partial charge is 0.130 e. The molecule has 2 aromatic heterocycles. The molecule has 0 spiro atoms. The van der Waals surface area contributed by atoms with E-state index in [0.29, 0.717) is 0 Å². The van der Waals surface area contributed by atoms with Gasteiger partial charge in [0, 0.05) is 47.0 Å². The summed E-state index contributed by atoms with van der Waals surface area (Å²) >= 11 is 1.82. The molecule has 0 bridgehead atoms. The summed E-state index contributed by atoms with van der Waals surface area (Å²) in [5, 5.41) is 4.57. The van der Waals surface area contributed by atoms with E-state index in [2.05, 4.69) is 49.9 Å². The summed E-state index contributed by atoms with van der Waals surface area (Å²) in [5.41, 5.74) is 2.21. The van der Waals surface area contributed by atoms with Crippen LogP contribution in [-0.4, -0.2) is 27.4 Å². The van der Waals surface area contributed by atoms with Crippen LogP contribution in [0.5, 0.6) is 0 Å². The number of nitrogens with one attached hydrogen (secondary N) is 2. The molecule has 1 aromatic carbocycles. The first kappa shape index (κ1) is 14.6. The van der Waals surface area contributed by atoms with Gasteiger partial charge in [-0.1, -0.05) is 6.42 Å².